The highest BCUT2D eigenvalue weighted by Crippen LogP contribution is 2.52. The zero-order valence-corrected chi connectivity index (χ0v) is 17.0. The topological polar surface area (TPSA) is 65.0 Å². The molecule has 28 heavy (non-hydrogen) atoms. The number of aliphatic carboxylic acids is 1. The molecule has 4 fully saturated rings. The molecule has 3 saturated heterocycles. The number of halogens is 1. The number of benzene rings is 1. The first-order chi connectivity index (χ1) is 13.0. The smallest absolute Gasteiger partial charge is 0.481 e. The van der Waals surface area contributed by atoms with Gasteiger partial charge in [-0.15, -0.1) is 0 Å². The molecule has 0 unspecified atom stereocenters. The Morgan fingerprint density at radius 2 is 1.71 bits per heavy atom. The molecule has 5 rings (SSSR count). The molecule has 7 heteroatoms. The van der Waals surface area contributed by atoms with Crippen LogP contribution in [0.2, 0.25) is 0 Å². The van der Waals surface area contributed by atoms with Gasteiger partial charge in [0.15, 0.2) is 0 Å². The Kier molecular flexibility index (Phi) is 4.45. The van der Waals surface area contributed by atoms with Crippen molar-refractivity contribution in [2.45, 2.75) is 82.0 Å². The maximum atomic E-state index is 15.2. The lowest BCUT2D eigenvalue weighted by Gasteiger charge is -2.53. The minimum absolute atomic E-state index is 0.0203. The maximum absolute atomic E-state index is 15.2. The number of carboxylic acid groups (broad SMARTS) is 1. The summed E-state index contributed by atoms with van der Waals surface area (Å²) in [6.45, 7) is 8.26. The highest BCUT2D eigenvalue weighted by atomic mass is 19.1. The van der Waals surface area contributed by atoms with Crippen LogP contribution >= 0.6 is 0 Å². The summed E-state index contributed by atoms with van der Waals surface area (Å²) < 4.78 is 33.2. The molecular formula is C21H28BFO5. The van der Waals surface area contributed by atoms with Crippen LogP contribution in [0, 0.1) is 5.82 Å². The van der Waals surface area contributed by atoms with Crippen molar-refractivity contribution in [3.05, 3.63) is 29.6 Å². The third-order valence-electron chi connectivity index (χ3n) is 7.34. The van der Waals surface area contributed by atoms with E-state index < -0.39 is 29.9 Å². The summed E-state index contributed by atoms with van der Waals surface area (Å²) in [5.74, 6) is -1.12. The average molecular weight is 390 g/mol. The van der Waals surface area contributed by atoms with Gasteiger partial charge in [-0.3, -0.25) is 4.79 Å². The number of rotatable bonds is 4. The molecule has 5 nitrogen and oxygen atoms in total. The lowest BCUT2D eigenvalue weighted by Crippen LogP contribution is -2.54. The Bertz CT molecular complexity index is 765. The van der Waals surface area contributed by atoms with E-state index in [1.165, 1.54) is 6.07 Å². The van der Waals surface area contributed by atoms with Crippen LogP contribution in [0.1, 0.15) is 65.4 Å². The van der Waals surface area contributed by atoms with Crippen molar-refractivity contribution in [2.75, 3.05) is 6.61 Å². The molecule has 1 aromatic carbocycles. The summed E-state index contributed by atoms with van der Waals surface area (Å²) in [5.41, 5.74) is -0.578. The molecule has 0 spiro atoms. The summed E-state index contributed by atoms with van der Waals surface area (Å²) >= 11 is 0. The SMILES string of the molecule is CC1(C)OB(c2ccc(C34CCC(CC(=O)O)(CC3)OC4)c(F)c2)OC1(C)C. The van der Waals surface area contributed by atoms with Crippen molar-refractivity contribution < 1.29 is 28.3 Å². The van der Waals surface area contributed by atoms with E-state index in [2.05, 4.69) is 0 Å². The maximum Gasteiger partial charge on any atom is 0.494 e. The van der Waals surface area contributed by atoms with Crippen LogP contribution in [0.25, 0.3) is 0 Å². The molecule has 1 aliphatic carbocycles. The van der Waals surface area contributed by atoms with Crippen LogP contribution in [0.3, 0.4) is 0 Å². The third-order valence-corrected chi connectivity index (χ3v) is 7.34. The predicted octanol–water partition coefficient (Wildman–Crippen LogP) is 3.18. The molecular weight excluding hydrogens is 362 g/mol. The molecule has 0 radical (unpaired) electrons. The second kappa shape index (κ2) is 6.28. The van der Waals surface area contributed by atoms with Gasteiger partial charge in [-0.05, 0) is 70.5 Å². The lowest BCUT2D eigenvalue weighted by molar-refractivity contribution is -0.175. The van der Waals surface area contributed by atoms with Crippen LogP contribution in [-0.4, -0.2) is 41.6 Å². The normalized spacial score (nSPS) is 33.2. The molecule has 1 aromatic rings. The Hall–Kier alpha value is -1.44. The third kappa shape index (κ3) is 3.08. The number of fused-ring (bicyclic) bond motifs is 3. The van der Waals surface area contributed by atoms with Crippen LogP contribution in [0.4, 0.5) is 4.39 Å². The predicted molar refractivity (Wildman–Crippen MR) is 103 cm³/mol. The summed E-state index contributed by atoms with van der Waals surface area (Å²) in [6, 6.07) is 5.22. The fourth-order valence-corrected chi connectivity index (χ4v) is 4.70. The van der Waals surface area contributed by atoms with Gasteiger partial charge in [-0.25, -0.2) is 4.39 Å². The lowest BCUT2D eigenvalue weighted by atomic mass is 9.62. The first kappa shape index (κ1) is 19.9. The molecule has 2 bridgehead atoms. The van der Waals surface area contributed by atoms with Crippen LogP contribution in [0.15, 0.2) is 18.2 Å². The molecule has 0 atom stereocenters. The summed E-state index contributed by atoms with van der Waals surface area (Å²) in [6.07, 6.45) is 2.81. The number of hydrogen-bond donors (Lipinski definition) is 1. The zero-order chi connectivity index (χ0) is 20.4. The van der Waals surface area contributed by atoms with Crippen LogP contribution < -0.4 is 5.46 Å². The molecule has 0 aromatic heterocycles. The number of carbonyl (C=O) groups is 1. The number of carboxylic acids is 1. The van der Waals surface area contributed by atoms with Gasteiger partial charge >= 0.3 is 13.1 Å². The van der Waals surface area contributed by atoms with E-state index in [1.54, 1.807) is 0 Å². The first-order valence-corrected chi connectivity index (χ1v) is 9.99. The van der Waals surface area contributed by atoms with Gasteiger partial charge in [0.25, 0.3) is 0 Å². The molecule has 1 N–H and O–H groups in total. The molecule has 152 valence electrons. The van der Waals surface area contributed by atoms with Gasteiger partial charge in [0, 0.05) is 5.41 Å². The van der Waals surface area contributed by atoms with Gasteiger partial charge in [0.05, 0.1) is 29.8 Å². The van der Waals surface area contributed by atoms with Gasteiger partial charge in [0.1, 0.15) is 5.82 Å². The monoisotopic (exact) mass is 390 g/mol. The van der Waals surface area contributed by atoms with Crippen molar-refractivity contribution in [2.24, 2.45) is 0 Å². The van der Waals surface area contributed by atoms with E-state index in [0.29, 0.717) is 30.5 Å². The Morgan fingerprint density at radius 1 is 1.11 bits per heavy atom. The minimum atomic E-state index is -0.840. The van der Waals surface area contributed by atoms with E-state index in [0.717, 1.165) is 12.8 Å². The van der Waals surface area contributed by atoms with Gasteiger partial charge in [-0.1, -0.05) is 12.1 Å². The average Bonchev–Trinajstić information content (AvgIpc) is 2.83. The van der Waals surface area contributed by atoms with Crippen molar-refractivity contribution in [3.63, 3.8) is 0 Å². The van der Waals surface area contributed by atoms with Gasteiger partial charge in [0.2, 0.25) is 0 Å². The van der Waals surface area contributed by atoms with Crippen LogP contribution in [0.5, 0.6) is 0 Å². The van der Waals surface area contributed by atoms with Crippen molar-refractivity contribution in [1.29, 1.82) is 0 Å². The first-order valence-electron chi connectivity index (χ1n) is 9.99. The Labute approximate surface area is 165 Å². The van der Waals surface area contributed by atoms with Crippen LogP contribution in [-0.2, 0) is 24.3 Å². The fourth-order valence-electron chi connectivity index (χ4n) is 4.70. The van der Waals surface area contributed by atoms with Gasteiger partial charge in [-0.2, -0.15) is 0 Å². The summed E-state index contributed by atoms with van der Waals surface area (Å²) in [5, 5.41) is 9.15. The summed E-state index contributed by atoms with van der Waals surface area (Å²) in [7, 11) is -0.594. The largest absolute Gasteiger partial charge is 0.494 e. The molecule has 4 aliphatic rings. The molecule has 3 aliphatic heterocycles. The number of ether oxygens (including phenoxy) is 1. The standard InChI is InChI=1S/C21H28BFO5/c1-18(2)19(3,4)28-22(27-18)14-5-6-15(16(23)11-14)20-7-9-21(10-8-20,26-13-20)12-17(24)25/h5-6,11H,7-10,12-13H2,1-4H3,(H,24,25). The minimum Gasteiger partial charge on any atom is -0.481 e. The molecule has 3 heterocycles. The molecule has 1 saturated carbocycles. The highest BCUT2D eigenvalue weighted by molar-refractivity contribution is 6.62. The number of hydrogen-bond acceptors (Lipinski definition) is 4. The van der Waals surface area contributed by atoms with Crippen molar-refractivity contribution >= 4 is 18.6 Å². The fraction of sp³-hybridized carbons (Fsp3) is 0.667. The van der Waals surface area contributed by atoms with Crippen molar-refractivity contribution in [3.8, 4) is 0 Å². The van der Waals surface area contributed by atoms with Crippen molar-refractivity contribution in [1.82, 2.24) is 0 Å². The van der Waals surface area contributed by atoms with E-state index >= 15 is 4.39 Å². The van der Waals surface area contributed by atoms with Gasteiger partial charge < -0.3 is 19.2 Å². The second-order valence-corrected chi connectivity index (χ2v) is 9.65. The Morgan fingerprint density at radius 3 is 2.18 bits per heavy atom. The molecule has 0 amide bonds. The Balaban J connectivity index is 1.55. The highest BCUT2D eigenvalue weighted by Gasteiger charge is 2.54. The van der Waals surface area contributed by atoms with E-state index in [4.69, 9.17) is 19.2 Å². The quantitative estimate of drug-likeness (QED) is 0.801. The second-order valence-electron chi connectivity index (χ2n) is 9.65. The zero-order valence-electron chi connectivity index (χ0n) is 17.0. The summed E-state index contributed by atoms with van der Waals surface area (Å²) in [4.78, 5) is 11.1. The van der Waals surface area contributed by atoms with E-state index in [-0.39, 0.29) is 17.7 Å². The van der Waals surface area contributed by atoms with E-state index in [1.807, 2.05) is 39.8 Å². The van der Waals surface area contributed by atoms with E-state index in [9.17, 15) is 4.79 Å².